The summed E-state index contributed by atoms with van der Waals surface area (Å²) in [7, 11) is 2.12. The topological polar surface area (TPSA) is 60.9 Å². The minimum Gasteiger partial charge on any atom is -0.481 e. The van der Waals surface area contributed by atoms with Crippen LogP contribution in [0.25, 0.3) is 0 Å². The van der Waals surface area contributed by atoms with Gasteiger partial charge >= 0.3 is 5.97 Å². The van der Waals surface area contributed by atoms with Crippen LogP contribution in [0, 0.1) is 11.8 Å². The molecule has 0 bridgehead atoms. The molecule has 1 amide bonds. The maximum atomic E-state index is 11.9. The van der Waals surface area contributed by atoms with Crippen LogP contribution in [0.4, 0.5) is 0 Å². The Bertz CT molecular complexity index is 323. The van der Waals surface area contributed by atoms with Crippen LogP contribution in [0.1, 0.15) is 33.6 Å². The lowest BCUT2D eigenvalue weighted by molar-refractivity contribution is -0.151. The van der Waals surface area contributed by atoms with Gasteiger partial charge < -0.3 is 14.9 Å². The molecule has 1 N–H and O–H groups in total. The predicted octanol–water partition coefficient (Wildman–Crippen LogP) is 1.29. The van der Waals surface area contributed by atoms with Gasteiger partial charge in [-0.2, -0.15) is 0 Å². The first kappa shape index (κ1) is 16.0. The van der Waals surface area contributed by atoms with E-state index < -0.39 is 11.9 Å². The molecule has 1 rings (SSSR count). The lowest BCUT2D eigenvalue weighted by Gasteiger charge is -2.35. The van der Waals surface area contributed by atoms with E-state index in [0.717, 1.165) is 19.4 Å². The van der Waals surface area contributed by atoms with Gasteiger partial charge in [0.1, 0.15) is 5.92 Å². The highest BCUT2D eigenvalue weighted by Crippen LogP contribution is 2.20. The highest BCUT2D eigenvalue weighted by Gasteiger charge is 2.29. The van der Waals surface area contributed by atoms with Crippen LogP contribution >= 0.6 is 0 Å². The second kappa shape index (κ2) is 6.89. The molecule has 0 spiro atoms. The zero-order valence-electron chi connectivity index (χ0n) is 12.4. The fraction of sp³-hybridized carbons (Fsp3) is 0.857. The molecule has 0 aromatic rings. The summed E-state index contributed by atoms with van der Waals surface area (Å²) in [5.74, 6) is -1.60. The van der Waals surface area contributed by atoms with E-state index in [0.29, 0.717) is 25.0 Å². The van der Waals surface area contributed by atoms with Gasteiger partial charge in [-0.3, -0.25) is 9.59 Å². The summed E-state index contributed by atoms with van der Waals surface area (Å²) < 4.78 is 0. The maximum Gasteiger partial charge on any atom is 0.315 e. The Morgan fingerprint density at radius 2 is 1.79 bits per heavy atom. The number of hydrogen-bond acceptors (Lipinski definition) is 3. The van der Waals surface area contributed by atoms with E-state index in [1.54, 1.807) is 4.90 Å². The summed E-state index contributed by atoms with van der Waals surface area (Å²) in [6.45, 7) is 8.23. The SMILES string of the molecule is CC(C(=O)O)C(=O)N1CCC(CN(C)C(C)C)CC1. The van der Waals surface area contributed by atoms with Crippen molar-refractivity contribution in [2.75, 3.05) is 26.7 Å². The molecule has 1 fully saturated rings. The predicted molar refractivity (Wildman–Crippen MR) is 73.9 cm³/mol. The van der Waals surface area contributed by atoms with Gasteiger partial charge in [-0.25, -0.2) is 0 Å². The van der Waals surface area contributed by atoms with Crippen molar-refractivity contribution in [2.45, 2.75) is 39.7 Å². The summed E-state index contributed by atoms with van der Waals surface area (Å²) in [5, 5.41) is 8.86. The summed E-state index contributed by atoms with van der Waals surface area (Å²) in [4.78, 5) is 26.7. The standard InChI is InChI=1S/C14H26N2O3/c1-10(2)15(4)9-12-5-7-16(8-6-12)13(17)11(3)14(18)19/h10-12H,5-9H2,1-4H3,(H,18,19). The normalized spacial score (nSPS) is 18.9. The first-order valence-electron chi connectivity index (χ1n) is 7.04. The average Bonchev–Trinajstić information content (AvgIpc) is 2.37. The van der Waals surface area contributed by atoms with E-state index in [9.17, 15) is 9.59 Å². The molecule has 1 atom stereocenters. The molecule has 0 aromatic heterocycles. The number of carboxylic acid groups (broad SMARTS) is 1. The number of aliphatic carboxylic acids is 1. The lowest BCUT2D eigenvalue weighted by atomic mass is 9.95. The molecule has 0 radical (unpaired) electrons. The highest BCUT2D eigenvalue weighted by molar-refractivity contribution is 5.96. The zero-order chi connectivity index (χ0) is 14.6. The minimum absolute atomic E-state index is 0.247. The molecular formula is C14H26N2O3. The Labute approximate surface area is 115 Å². The molecule has 1 unspecified atom stereocenters. The molecular weight excluding hydrogens is 244 g/mol. The van der Waals surface area contributed by atoms with Gasteiger partial charge in [0.25, 0.3) is 0 Å². The number of carbonyl (C=O) groups excluding carboxylic acids is 1. The van der Waals surface area contributed by atoms with Crippen molar-refractivity contribution in [3.8, 4) is 0 Å². The van der Waals surface area contributed by atoms with E-state index in [2.05, 4.69) is 25.8 Å². The Hall–Kier alpha value is -1.10. The summed E-state index contributed by atoms with van der Waals surface area (Å²) >= 11 is 0. The Kier molecular flexibility index (Phi) is 5.79. The molecule has 1 aliphatic heterocycles. The molecule has 0 aromatic carbocycles. The van der Waals surface area contributed by atoms with E-state index in [4.69, 9.17) is 5.11 Å². The van der Waals surface area contributed by atoms with Gasteiger partial charge in [-0.1, -0.05) is 0 Å². The maximum absolute atomic E-state index is 11.9. The van der Waals surface area contributed by atoms with E-state index in [1.165, 1.54) is 6.92 Å². The minimum atomic E-state index is -1.04. The number of nitrogens with zero attached hydrogens (tertiary/aromatic N) is 2. The van der Waals surface area contributed by atoms with Crippen LogP contribution in [0.15, 0.2) is 0 Å². The van der Waals surface area contributed by atoms with Crippen LogP contribution in [-0.4, -0.2) is 59.5 Å². The van der Waals surface area contributed by atoms with Gasteiger partial charge in [0.15, 0.2) is 0 Å². The number of rotatable bonds is 5. The third-order valence-corrected chi connectivity index (χ3v) is 4.09. The summed E-state index contributed by atoms with van der Waals surface area (Å²) in [6, 6.07) is 0.534. The van der Waals surface area contributed by atoms with Crippen molar-refractivity contribution in [2.24, 2.45) is 11.8 Å². The Morgan fingerprint density at radius 3 is 2.21 bits per heavy atom. The van der Waals surface area contributed by atoms with E-state index in [1.807, 2.05) is 0 Å². The third kappa shape index (κ3) is 4.49. The third-order valence-electron chi connectivity index (χ3n) is 4.09. The van der Waals surface area contributed by atoms with Gasteiger partial charge in [-0.15, -0.1) is 0 Å². The fourth-order valence-corrected chi connectivity index (χ4v) is 2.33. The van der Waals surface area contributed by atoms with Gasteiger partial charge in [0.2, 0.25) is 5.91 Å². The average molecular weight is 270 g/mol. The van der Waals surface area contributed by atoms with E-state index in [-0.39, 0.29) is 5.91 Å². The van der Waals surface area contributed by atoms with Crippen LogP contribution < -0.4 is 0 Å². The number of piperidine rings is 1. The second-order valence-electron chi connectivity index (χ2n) is 5.86. The monoisotopic (exact) mass is 270 g/mol. The Morgan fingerprint density at radius 1 is 1.26 bits per heavy atom. The number of hydrogen-bond donors (Lipinski definition) is 1. The van der Waals surface area contributed by atoms with Gasteiger partial charge in [-0.05, 0) is 46.6 Å². The zero-order valence-corrected chi connectivity index (χ0v) is 12.4. The van der Waals surface area contributed by atoms with Crippen molar-refractivity contribution >= 4 is 11.9 Å². The van der Waals surface area contributed by atoms with Crippen molar-refractivity contribution in [1.29, 1.82) is 0 Å². The van der Waals surface area contributed by atoms with Crippen LogP contribution in [0.2, 0.25) is 0 Å². The second-order valence-corrected chi connectivity index (χ2v) is 5.86. The number of likely N-dealkylation sites (tertiary alicyclic amines) is 1. The largest absolute Gasteiger partial charge is 0.481 e. The van der Waals surface area contributed by atoms with Crippen molar-refractivity contribution < 1.29 is 14.7 Å². The molecule has 1 heterocycles. The lowest BCUT2D eigenvalue weighted by Crippen LogP contribution is -2.45. The molecule has 110 valence electrons. The van der Waals surface area contributed by atoms with Crippen LogP contribution in [0.3, 0.4) is 0 Å². The van der Waals surface area contributed by atoms with E-state index >= 15 is 0 Å². The van der Waals surface area contributed by atoms with Crippen molar-refractivity contribution in [3.63, 3.8) is 0 Å². The molecule has 0 saturated carbocycles. The molecule has 0 aliphatic carbocycles. The van der Waals surface area contributed by atoms with Gasteiger partial charge in [0, 0.05) is 25.7 Å². The molecule has 5 heteroatoms. The van der Waals surface area contributed by atoms with Crippen LogP contribution in [-0.2, 0) is 9.59 Å². The summed E-state index contributed by atoms with van der Waals surface area (Å²) in [6.07, 6.45) is 1.93. The number of carboxylic acids is 1. The smallest absolute Gasteiger partial charge is 0.315 e. The molecule has 5 nitrogen and oxygen atoms in total. The number of carbonyl (C=O) groups is 2. The molecule has 1 aliphatic rings. The van der Waals surface area contributed by atoms with Gasteiger partial charge in [0.05, 0.1) is 0 Å². The summed E-state index contributed by atoms with van der Waals surface area (Å²) in [5.41, 5.74) is 0. The number of amides is 1. The highest BCUT2D eigenvalue weighted by atomic mass is 16.4. The molecule has 19 heavy (non-hydrogen) atoms. The van der Waals surface area contributed by atoms with Crippen molar-refractivity contribution in [3.05, 3.63) is 0 Å². The fourth-order valence-electron chi connectivity index (χ4n) is 2.33. The quantitative estimate of drug-likeness (QED) is 0.765. The first-order chi connectivity index (χ1) is 8.82. The van der Waals surface area contributed by atoms with Crippen molar-refractivity contribution in [1.82, 2.24) is 9.80 Å². The first-order valence-corrected chi connectivity index (χ1v) is 7.04. The Balaban J connectivity index is 2.40. The molecule has 1 saturated heterocycles. The van der Waals surface area contributed by atoms with Crippen LogP contribution in [0.5, 0.6) is 0 Å².